The quantitative estimate of drug-likeness (QED) is 0.825. The first kappa shape index (κ1) is 16.9. The predicted molar refractivity (Wildman–Crippen MR) is 90.0 cm³/mol. The van der Waals surface area contributed by atoms with Crippen LogP contribution in [0, 0.1) is 0 Å². The highest BCUT2D eigenvalue weighted by Crippen LogP contribution is 2.31. The van der Waals surface area contributed by atoms with Gasteiger partial charge in [-0.15, -0.1) is 0 Å². The number of halogens is 3. The number of hydrogen-bond acceptors (Lipinski definition) is 2. The van der Waals surface area contributed by atoms with E-state index in [0.717, 1.165) is 5.56 Å². The monoisotopic (exact) mass is 357 g/mol. The van der Waals surface area contributed by atoms with Crippen LogP contribution in [0.15, 0.2) is 42.5 Å². The van der Waals surface area contributed by atoms with E-state index in [2.05, 4.69) is 5.32 Å². The van der Waals surface area contributed by atoms with Crippen LogP contribution in [0.5, 0.6) is 5.75 Å². The minimum Gasteiger partial charge on any atom is -0.482 e. The van der Waals surface area contributed by atoms with Crippen LogP contribution in [-0.2, 0) is 4.79 Å². The molecule has 0 heterocycles. The van der Waals surface area contributed by atoms with Crippen molar-refractivity contribution in [1.82, 2.24) is 5.32 Å². The summed E-state index contributed by atoms with van der Waals surface area (Å²) in [5.74, 6) is 0.114. The summed E-state index contributed by atoms with van der Waals surface area (Å²) in [6.07, 6.45) is 0. The number of rotatable bonds is 5. The first-order valence-electron chi connectivity index (χ1n) is 6.59. The number of amides is 1. The lowest BCUT2D eigenvalue weighted by Crippen LogP contribution is -2.31. The molecule has 0 saturated carbocycles. The largest absolute Gasteiger partial charge is 0.482 e. The second-order valence-electron chi connectivity index (χ2n) is 4.68. The first-order chi connectivity index (χ1) is 10.5. The molecule has 2 aromatic carbocycles. The summed E-state index contributed by atoms with van der Waals surface area (Å²) in [7, 11) is 0. The van der Waals surface area contributed by atoms with Gasteiger partial charge in [0.05, 0.1) is 11.1 Å². The molecule has 0 aliphatic rings. The Bertz CT molecular complexity index is 676. The highest BCUT2D eigenvalue weighted by Gasteiger charge is 2.12. The lowest BCUT2D eigenvalue weighted by molar-refractivity contribution is -0.123. The van der Waals surface area contributed by atoms with Gasteiger partial charge in [0.2, 0.25) is 0 Å². The number of hydrogen-bond donors (Lipinski definition) is 1. The molecule has 2 aromatic rings. The molecule has 0 aliphatic carbocycles. The van der Waals surface area contributed by atoms with E-state index in [9.17, 15) is 4.79 Å². The molecule has 1 N–H and O–H groups in total. The minimum absolute atomic E-state index is 0.148. The van der Waals surface area contributed by atoms with Gasteiger partial charge in [-0.1, -0.05) is 53.0 Å². The fourth-order valence-electron chi connectivity index (χ4n) is 1.88. The zero-order valence-electron chi connectivity index (χ0n) is 11.8. The second kappa shape index (κ2) is 7.73. The normalized spacial score (nSPS) is 11.8. The molecule has 1 amide bonds. The van der Waals surface area contributed by atoms with Gasteiger partial charge in [0, 0.05) is 5.02 Å². The maximum absolute atomic E-state index is 11.9. The number of benzene rings is 2. The Morgan fingerprint density at radius 3 is 2.64 bits per heavy atom. The lowest BCUT2D eigenvalue weighted by atomic mass is 10.1. The summed E-state index contributed by atoms with van der Waals surface area (Å²) in [5, 5.41) is 4.13. The number of nitrogens with one attached hydrogen (secondary N) is 1. The van der Waals surface area contributed by atoms with Crippen molar-refractivity contribution in [3.8, 4) is 5.75 Å². The van der Waals surface area contributed by atoms with Gasteiger partial charge in [-0.05, 0) is 36.8 Å². The maximum atomic E-state index is 11.9. The van der Waals surface area contributed by atoms with Crippen molar-refractivity contribution >= 4 is 40.7 Å². The smallest absolute Gasteiger partial charge is 0.258 e. The lowest BCUT2D eigenvalue weighted by Gasteiger charge is -2.15. The molecule has 0 unspecified atom stereocenters. The molecule has 116 valence electrons. The molecule has 22 heavy (non-hydrogen) atoms. The Hall–Kier alpha value is -1.42. The van der Waals surface area contributed by atoms with Crippen LogP contribution in [0.4, 0.5) is 0 Å². The Labute approximate surface area is 144 Å². The van der Waals surface area contributed by atoms with E-state index < -0.39 is 0 Å². The summed E-state index contributed by atoms with van der Waals surface area (Å²) in [6, 6.07) is 12.2. The molecule has 0 aromatic heterocycles. The van der Waals surface area contributed by atoms with E-state index in [-0.39, 0.29) is 18.6 Å². The molecule has 3 nitrogen and oxygen atoms in total. The molecule has 2 rings (SSSR count). The molecule has 0 fully saturated rings. The Kier molecular flexibility index (Phi) is 5.95. The number of carbonyl (C=O) groups is 1. The molecule has 0 bridgehead atoms. The summed E-state index contributed by atoms with van der Waals surface area (Å²) >= 11 is 17.8. The molecular formula is C16H14Cl3NO2. The van der Waals surface area contributed by atoms with Crippen molar-refractivity contribution in [2.75, 3.05) is 6.61 Å². The van der Waals surface area contributed by atoms with Crippen molar-refractivity contribution in [3.63, 3.8) is 0 Å². The standard InChI is InChI=1S/C16H14Cl3NO2/c1-10(11-4-2-5-12(17)8-11)20-15(21)9-22-14-7-3-6-13(18)16(14)19/h2-8,10H,9H2,1H3,(H,20,21)/t10-/m1/s1. The SMILES string of the molecule is C[C@@H](NC(=O)COc1cccc(Cl)c1Cl)c1cccc(Cl)c1. The van der Waals surface area contributed by atoms with E-state index in [1.807, 2.05) is 19.1 Å². The van der Waals surface area contributed by atoms with E-state index in [4.69, 9.17) is 39.5 Å². The van der Waals surface area contributed by atoms with Gasteiger partial charge in [-0.25, -0.2) is 0 Å². The van der Waals surface area contributed by atoms with Crippen molar-refractivity contribution in [2.45, 2.75) is 13.0 Å². The van der Waals surface area contributed by atoms with Gasteiger partial charge >= 0.3 is 0 Å². The van der Waals surface area contributed by atoms with E-state index in [0.29, 0.717) is 20.8 Å². The van der Waals surface area contributed by atoms with Gasteiger partial charge in [0.1, 0.15) is 10.8 Å². The van der Waals surface area contributed by atoms with Crippen molar-refractivity contribution in [3.05, 3.63) is 63.1 Å². The van der Waals surface area contributed by atoms with Crippen LogP contribution < -0.4 is 10.1 Å². The maximum Gasteiger partial charge on any atom is 0.258 e. The molecule has 0 aliphatic heterocycles. The minimum atomic E-state index is -0.261. The average Bonchev–Trinajstić information content (AvgIpc) is 2.48. The zero-order chi connectivity index (χ0) is 16.1. The van der Waals surface area contributed by atoms with Crippen LogP contribution in [0.3, 0.4) is 0 Å². The molecule has 0 radical (unpaired) electrons. The van der Waals surface area contributed by atoms with E-state index in [1.54, 1.807) is 30.3 Å². The van der Waals surface area contributed by atoms with Crippen LogP contribution in [0.25, 0.3) is 0 Å². The van der Waals surface area contributed by atoms with Crippen LogP contribution in [-0.4, -0.2) is 12.5 Å². The van der Waals surface area contributed by atoms with Crippen molar-refractivity contribution in [1.29, 1.82) is 0 Å². The molecule has 0 spiro atoms. The van der Waals surface area contributed by atoms with Gasteiger partial charge < -0.3 is 10.1 Å². The van der Waals surface area contributed by atoms with Gasteiger partial charge in [0.25, 0.3) is 5.91 Å². The average molecular weight is 359 g/mol. The number of ether oxygens (including phenoxy) is 1. The number of carbonyl (C=O) groups excluding carboxylic acids is 1. The summed E-state index contributed by atoms with van der Waals surface area (Å²) in [4.78, 5) is 11.9. The van der Waals surface area contributed by atoms with Crippen LogP contribution in [0.2, 0.25) is 15.1 Å². The van der Waals surface area contributed by atoms with Crippen LogP contribution >= 0.6 is 34.8 Å². The molecule has 6 heteroatoms. The molecule has 0 saturated heterocycles. The Balaban J connectivity index is 1.91. The second-order valence-corrected chi connectivity index (χ2v) is 5.91. The van der Waals surface area contributed by atoms with Crippen LogP contribution in [0.1, 0.15) is 18.5 Å². The summed E-state index contributed by atoms with van der Waals surface area (Å²) in [6.45, 7) is 1.72. The van der Waals surface area contributed by atoms with E-state index >= 15 is 0 Å². The van der Waals surface area contributed by atoms with Gasteiger partial charge in [-0.3, -0.25) is 4.79 Å². The van der Waals surface area contributed by atoms with Gasteiger partial charge in [0.15, 0.2) is 6.61 Å². The Morgan fingerprint density at radius 2 is 1.91 bits per heavy atom. The highest BCUT2D eigenvalue weighted by atomic mass is 35.5. The third-order valence-electron chi connectivity index (χ3n) is 3.00. The van der Waals surface area contributed by atoms with E-state index in [1.165, 1.54) is 0 Å². The summed E-state index contributed by atoms with van der Waals surface area (Å²) < 4.78 is 5.39. The third kappa shape index (κ3) is 4.54. The fourth-order valence-corrected chi connectivity index (χ4v) is 2.43. The summed E-state index contributed by atoms with van der Waals surface area (Å²) in [5.41, 5.74) is 0.918. The molecular weight excluding hydrogens is 345 g/mol. The highest BCUT2D eigenvalue weighted by molar-refractivity contribution is 6.42. The van der Waals surface area contributed by atoms with Crippen molar-refractivity contribution in [2.24, 2.45) is 0 Å². The van der Waals surface area contributed by atoms with Gasteiger partial charge in [-0.2, -0.15) is 0 Å². The third-order valence-corrected chi connectivity index (χ3v) is 4.04. The van der Waals surface area contributed by atoms with Crippen molar-refractivity contribution < 1.29 is 9.53 Å². The topological polar surface area (TPSA) is 38.3 Å². The first-order valence-corrected chi connectivity index (χ1v) is 7.72. The molecule has 1 atom stereocenters. The predicted octanol–water partition coefficient (Wildman–Crippen LogP) is 4.90. The fraction of sp³-hybridized carbons (Fsp3) is 0.188. The zero-order valence-corrected chi connectivity index (χ0v) is 14.0. The Morgan fingerprint density at radius 1 is 1.18 bits per heavy atom.